The number of amides is 3. The molecule has 3 heterocycles. The predicted molar refractivity (Wildman–Crippen MR) is 167 cm³/mol. The molecule has 0 spiro atoms. The molecule has 44 heavy (non-hydrogen) atoms. The number of hydrogen-bond acceptors (Lipinski definition) is 8. The molecule has 0 radical (unpaired) electrons. The first-order chi connectivity index (χ1) is 21.3. The minimum Gasteiger partial charge on any atom is -0.454 e. The first-order valence-corrected chi connectivity index (χ1v) is 15.3. The maximum absolute atomic E-state index is 13.5. The number of halogens is 1. The van der Waals surface area contributed by atoms with Gasteiger partial charge in [-0.25, -0.2) is 4.98 Å². The van der Waals surface area contributed by atoms with Crippen LogP contribution in [0.1, 0.15) is 63.2 Å². The molecule has 3 amide bonds. The molecule has 1 aromatic heterocycles. The third kappa shape index (κ3) is 6.74. The summed E-state index contributed by atoms with van der Waals surface area (Å²) in [5.74, 6) is 0.446. The second-order valence-corrected chi connectivity index (χ2v) is 11.7. The fourth-order valence-electron chi connectivity index (χ4n) is 5.86. The summed E-state index contributed by atoms with van der Waals surface area (Å²) in [6.07, 6.45) is 5.64. The van der Waals surface area contributed by atoms with Crippen LogP contribution in [-0.2, 0) is 0 Å². The first-order valence-electron chi connectivity index (χ1n) is 14.9. The van der Waals surface area contributed by atoms with Gasteiger partial charge in [-0.2, -0.15) is 0 Å². The second kappa shape index (κ2) is 13.1. The molecular weight excluding hydrogens is 584 g/mol. The molecular formula is C32H35ClN6O5. The van der Waals surface area contributed by atoms with E-state index >= 15 is 0 Å². The van der Waals surface area contributed by atoms with Crippen LogP contribution in [0.3, 0.4) is 0 Å². The summed E-state index contributed by atoms with van der Waals surface area (Å²) in [6, 6.07) is 13.9. The van der Waals surface area contributed by atoms with Crippen molar-refractivity contribution in [3.63, 3.8) is 0 Å². The number of hydrogen-bond donors (Lipinski definition) is 3. The Morgan fingerprint density at radius 3 is 2.39 bits per heavy atom. The van der Waals surface area contributed by atoms with Gasteiger partial charge >= 0.3 is 0 Å². The van der Waals surface area contributed by atoms with Crippen LogP contribution < -0.4 is 30.7 Å². The summed E-state index contributed by atoms with van der Waals surface area (Å²) in [5, 5.41) is 6.50. The molecule has 12 heteroatoms. The molecule has 0 unspecified atom stereocenters. The number of fused-ring (bicyclic) bond motifs is 1. The number of carbonyl (C=O) groups is 3. The third-order valence-corrected chi connectivity index (χ3v) is 8.57. The van der Waals surface area contributed by atoms with E-state index in [9.17, 15) is 14.4 Å². The van der Waals surface area contributed by atoms with Crippen molar-refractivity contribution in [1.82, 2.24) is 15.2 Å². The molecule has 0 bridgehead atoms. The highest BCUT2D eigenvalue weighted by atomic mass is 35.5. The van der Waals surface area contributed by atoms with Gasteiger partial charge in [-0.05, 0) is 80.6 Å². The van der Waals surface area contributed by atoms with Gasteiger partial charge in [-0.1, -0.05) is 11.6 Å². The van der Waals surface area contributed by atoms with E-state index in [0.717, 1.165) is 31.4 Å². The number of ether oxygens (including phenoxy) is 2. The standard InChI is InChI=1S/C32H35ClN6O5/c33-29-11-4-22(18-35-29)32(42)39-13-1-12-38(14-15-39)26-9-2-20(30(40)36-24-7-5-23(34)6-8-24)16-25(26)37-31(41)21-3-10-27-28(17-21)44-19-43-27/h2-4,9-11,16-18,23-24H,1,5-8,12-15,19,34H2,(H,36,40)(H,37,41). The van der Waals surface area contributed by atoms with E-state index in [1.165, 1.54) is 6.20 Å². The Hall–Kier alpha value is -4.35. The quantitative estimate of drug-likeness (QED) is 0.352. The van der Waals surface area contributed by atoms with Gasteiger partial charge in [-0.3, -0.25) is 14.4 Å². The summed E-state index contributed by atoms with van der Waals surface area (Å²) in [6.45, 7) is 2.35. The van der Waals surface area contributed by atoms with Crippen molar-refractivity contribution in [2.75, 3.05) is 43.2 Å². The Balaban J connectivity index is 1.22. The Bertz CT molecular complexity index is 1540. The highest BCUT2D eigenvalue weighted by molar-refractivity contribution is 6.29. The van der Waals surface area contributed by atoms with Crippen LogP contribution in [0.2, 0.25) is 5.15 Å². The molecule has 1 saturated carbocycles. The molecule has 1 saturated heterocycles. The highest BCUT2D eigenvalue weighted by Crippen LogP contribution is 2.34. The number of carbonyl (C=O) groups excluding carboxylic acids is 3. The number of nitrogens with one attached hydrogen (secondary N) is 2. The molecule has 2 fully saturated rings. The monoisotopic (exact) mass is 618 g/mol. The summed E-state index contributed by atoms with van der Waals surface area (Å²) in [7, 11) is 0. The lowest BCUT2D eigenvalue weighted by atomic mass is 9.91. The number of benzene rings is 2. The van der Waals surface area contributed by atoms with Crippen molar-refractivity contribution in [2.45, 2.75) is 44.2 Å². The van der Waals surface area contributed by atoms with Crippen molar-refractivity contribution in [1.29, 1.82) is 0 Å². The molecule has 2 aromatic carbocycles. The van der Waals surface area contributed by atoms with Crippen LogP contribution in [0.5, 0.6) is 11.5 Å². The van der Waals surface area contributed by atoms with Crippen molar-refractivity contribution in [3.8, 4) is 11.5 Å². The van der Waals surface area contributed by atoms with Crippen LogP contribution in [0.15, 0.2) is 54.7 Å². The van der Waals surface area contributed by atoms with E-state index < -0.39 is 0 Å². The van der Waals surface area contributed by atoms with Gasteiger partial charge in [0.15, 0.2) is 11.5 Å². The fraction of sp³-hybridized carbons (Fsp3) is 0.375. The lowest BCUT2D eigenvalue weighted by molar-refractivity contribution is 0.0766. The smallest absolute Gasteiger partial charge is 0.255 e. The van der Waals surface area contributed by atoms with Crippen LogP contribution in [0, 0.1) is 0 Å². The van der Waals surface area contributed by atoms with Gasteiger partial charge in [0, 0.05) is 55.6 Å². The predicted octanol–water partition coefficient (Wildman–Crippen LogP) is 4.07. The number of pyridine rings is 1. The lowest BCUT2D eigenvalue weighted by Gasteiger charge is -2.28. The summed E-state index contributed by atoms with van der Waals surface area (Å²) >= 11 is 5.90. The summed E-state index contributed by atoms with van der Waals surface area (Å²) in [4.78, 5) is 47.9. The largest absolute Gasteiger partial charge is 0.454 e. The molecule has 3 aromatic rings. The zero-order chi connectivity index (χ0) is 30.6. The highest BCUT2D eigenvalue weighted by Gasteiger charge is 2.25. The van der Waals surface area contributed by atoms with Crippen molar-refractivity contribution in [3.05, 3.63) is 76.6 Å². The van der Waals surface area contributed by atoms with E-state index in [4.69, 9.17) is 26.8 Å². The number of nitrogens with zero attached hydrogens (tertiary/aromatic N) is 3. The average molecular weight is 619 g/mol. The van der Waals surface area contributed by atoms with Gasteiger partial charge in [0.05, 0.1) is 16.9 Å². The van der Waals surface area contributed by atoms with Crippen molar-refractivity contribution in [2.24, 2.45) is 5.73 Å². The Kier molecular flexibility index (Phi) is 8.85. The number of nitrogens with two attached hydrogens (primary N) is 1. The van der Waals surface area contributed by atoms with Gasteiger partial charge in [0.1, 0.15) is 5.15 Å². The van der Waals surface area contributed by atoms with Crippen LogP contribution in [0.4, 0.5) is 11.4 Å². The Morgan fingerprint density at radius 1 is 0.841 bits per heavy atom. The Morgan fingerprint density at radius 2 is 1.59 bits per heavy atom. The minimum atomic E-state index is -0.342. The first kappa shape index (κ1) is 29.7. The normalized spacial score (nSPS) is 19.7. The zero-order valence-electron chi connectivity index (χ0n) is 24.3. The van der Waals surface area contributed by atoms with Crippen LogP contribution in [-0.4, -0.2) is 72.7 Å². The Labute approximate surface area is 260 Å². The fourth-order valence-corrected chi connectivity index (χ4v) is 5.98. The molecule has 3 aliphatic rings. The molecule has 4 N–H and O–H groups in total. The number of aromatic nitrogens is 1. The SMILES string of the molecule is NC1CCC(NC(=O)c2ccc(N3CCCN(C(=O)c4ccc(Cl)nc4)CC3)c(NC(=O)c3ccc4c(c3)OCO4)c2)CC1. The molecule has 6 rings (SSSR count). The van der Waals surface area contributed by atoms with Crippen LogP contribution in [0.25, 0.3) is 0 Å². The molecule has 2 aliphatic heterocycles. The van der Waals surface area contributed by atoms with E-state index in [2.05, 4.69) is 20.5 Å². The van der Waals surface area contributed by atoms with Crippen molar-refractivity contribution < 1.29 is 23.9 Å². The molecule has 11 nitrogen and oxygen atoms in total. The maximum atomic E-state index is 13.5. The third-order valence-electron chi connectivity index (χ3n) is 8.35. The number of rotatable bonds is 6. The van der Waals surface area contributed by atoms with E-state index in [-0.39, 0.29) is 36.6 Å². The van der Waals surface area contributed by atoms with E-state index in [1.54, 1.807) is 47.4 Å². The average Bonchev–Trinajstić information content (AvgIpc) is 3.37. The lowest BCUT2D eigenvalue weighted by Crippen LogP contribution is -2.40. The van der Waals surface area contributed by atoms with Crippen molar-refractivity contribution >= 4 is 40.7 Å². The van der Waals surface area contributed by atoms with Gasteiger partial charge < -0.3 is 35.6 Å². The minimum absolute atomic E-state index is 0.0682. The number of anilines is 2. The molecule has 230 valence electrons. The second-order valence-electron chi connectivity index (χ2n) is 11.3. The summed E-state index contributed by atoms with van der Waals surface area (Å²) < 4.78 is 10.8. The molecule has 1 aliphatic carbocycles. The van der Waals surface area contributed by atoms with E-state index in [1.807, 2.05) is 6.07 Å². The van der Waals surface area contributed by atoms with E-state index in [0.29, 0.717) is 71.6 Å². The van der Waals surface area contributed by atoms with Gasteiger partial charge in [0.25, 0.3) is 17.7 Å². The topological polar surface area (TPSA) is 139 Å². The molecule has 0 atom stereocenters. The van der Waals surface area contributed by atoms with Gasteiger partial charge in [-0.15, -0.1) is 0 Å². The maximum Gasteiger partial charge on any atom is 0.255 e. The zero-order valence-corrected chi connectivity index (χ0v) is 25.0. The van der Waals surface area contributed by atoms with Crippen LogP contribution >= 0.6 is 11.6 Å². The summed E-state index contributed by atoms with van der Waals surface area (Å²) in [5.41, 5.74) is 8.65. The van der Waals surface area contributed by atoms with Gasteiger partial charge in [0.2, 0.25) is 6.79 Å².